The van der Waals surface area contributed by atoms with Crippen molar-refractivity contribution < 1.29 is 4.79 Å². The Balaban J connectivity index is 1.74. The number of nitrogens with two attached hydrogens (primary N) is 1. The van der Waals surface area contributed by atoms with E-state index in [-0.39, 0.29) is 5.41 Å². The third-order valence-corrected chi connectivity index (χ3v) is 6.16. The molecule has 0 bridgehead atoms. The minimum atomic E-state index is -0.209. The van der Waals surface area contributed by atoms with Crippen molar-refractivity contribution in [3.05, 3.63) is 0 Å². The zero-order valence-corrected chi connectivity index (χ0v) is 12.8. The summed E-state index contributed by atoms with van der Waals surface area (Å²) in [4.78, 5) is 15.4. The fraction of sp³-hybridized carbons (Fsp3) is 0.941. The molecular formula is C17H30N2O. The summed E-state index contributed by atoms with van der Waals surface area (Å²) in [6, 6.07) is 0.537. The second-order valence-electron chi connectivity index (χ2n) is 7.30. The van der Waals surface area contributed by atoms with Crippen LogP contribution in [0.5, 0.6) is 0 Å². The Bertz CT molecular complexity index is 343. The molecule has 2 saturated carbocycles. The van der Waals surface area contributed by atoms with Crippen LogP contribution in [0, 0.1) is 11.3 Å². The van der Waals surface area contributed by atoms with E-state index in [0.29, 0.717) is 18.5 Å². The SMILES string of the molecule is NCC1(C(=O)N2CCCC2C2CCCC2)CCCCC1. The third kappa shape index (κ3) is 2.49. The van der Waals surface area contributed by atoms with E-state index >= 15 is 0 Å². The largest absolute Gasteiger partial charge is 0.339 e. The first-order chi connectivity index (χ1) is 9.77. The molecule has 1 atom stereocenters. The Labute approximate surface area is 123 Å². The van der Waals surface area contributed by atoms with Crippen molar-refractivity contribution in [1.82, 2.24) is 4.90 Å². The highest BCUT2D eigenvalue weighted by molar-refractivity contribution is 5.83. The monoisotopic (exact) mass is 278 g/mol. The van der Waals surface area contributed by atoms with Gasteiger partial charge >= 0.3 is 0 Å². The number of hydrogen-bond donors (Lipinski definition) is 1. The molecule has 3 aliphatic rings. The maximum Gasteiger partial charge on any atom is 0.230 e. The summed E-state index contributed by atoms with van der Waals surface area (Å²) in [6.07, 6.45) is 13.5. The highest BCUT2D eigenvalue weighted by Gasteiger charge is 2.45. The van der Waals surface area contributed by atoms with Gasteiger partial charge in [0.05, 0.1) is 5.41 Å². The standard InChI is InChI=1S/C17H30N2O/c18-13-17(10-4-1-5-11-17)16(20)19-12-6-9-15(19)14-7-2-3-8-14/h14-15H,1-13,18H2. The van der Waals surface area contributed by atoms with Crippen molar-refractivity contribution in [2.75, 3.05) is 13.1 Å². The quantitative estimate of drug-likeness (QED) is 0.862. The van der Waals surface area contributed by atoms with Gasteiger partial charge in [0, 0.05) is 19.1 Å². The molecule has 114 valence electrons. The summed E-state index contributed by atoms with van der Waals surface area (Å²) < 4.78 is 0. The minimum Gasteiger partial charge on any atom is -0.339 e. The molecular weight excluding hydrogens is 248 g/mol. The van der Waals surface area contributed by atoms with Gasteiger partial charge in [0.1, 0.15) is 0 Å². The van der Waals surface area contributed by atoms with E-state index in [0.717, 1.165) is 25.3 Å². The highest BCUT2D eigenvalue weighted by Crippen LogP contribution is 2.41. The number of amides is 1. The lowest BCUT2D eigenvalue weighted by atomic mass is 9.72. The molecule has 2 N–H and O–H groups in total. The Morgan fingerprint density at radius 3 is 2.35 bits per heavy atom. The van der Waals surface area contributed by atoms with Crippen molar-refractivity contribution in [1.29, 1.82) is 0 Å². The first-order valence-electron chi connectivity index (χ1n) is 8.78. The van der Waals surface area contributed by atoms with E-state index in [1.165, 1.54) is 57.8 Å². The van der Waals surface area contributed by atoms with Crippen LogP contribution in [0.4, 0.5) is 0 Å². The van der Waals surface area contributed by atoms with Gasteiger partial charge < -0.3 is 10.6 Å². The first kappa shape index (κ1) is 14.4. The fourth-order valence-corrected chi connectivity index (χ4v) is 4.92. The second kappa shape index (κ2) is 6.05. The molecule has 1 heterocycles. The molecule has 1 amide bonds. The van der Waals surface area contributed by atoms with Crippen molar-refractivity contribution in [3.8, 4) is 0 Å². The van der Waals surface area contributed by atoms with Crippen LogP contribution in [0.1, 0.15) is 70.6 Å². The van der Waals surface area contributed by atoms with Crippen LogP contribution in [0.25, 0.3) is 0 Å². The van der Waals surface area contributed by atoms with Crippen LogP contribution in [-0.4, -0.2) is 29.9 Å². The van der Waals surface area contributed by atoms with Crippen LogP contribution < -0.4 is 5.73 Å². The number of nitrogens with zero attached hydrogens (tertiary/aromatic N) is 1. The van der Waals surface area contributed by atoms with E-state index in [2.05, 4.69) is 4.90 Å². The molecule has 3 nitrogen and oxygen atoms in total. The van der Waals surface area contributed by atoms with Crippen LogP contribution in [0.2, 0.25) is 0 Å². The number of carbonyl (C=O) groups is 1. The molecule has 0 radical (unpaired) electrons. The minimum absolute atomic E-state index is 0.209. The van der Waals surface area contributed by atoms with E-state index < -0.39 is 0 Å². The van der Waals surface area contributed by atoms with Crippen molar-refractivity contribution in [3.63, 3.8) is 0 Å². The summed E-state index contributed by atoms with van der Waals surface area (Å²) in [5.74, 6) is 1.19. The van der Waals surface area contributed by atoms with E-state index in [9.17, 15) is 4.79 Å². The van der Waals surface area contributed by atoms with Crippen LogP contribution in [-0.2, 0) is 4.79 Å². The van der Waals surface area contributed by atoms with Gasteiger partial charge in [0.2, 0.25) is 5.91 Å². The van der Waals surface area contributed by atoms with Gasteiger partial charge in [0.25, 0.3) is 0 Å². The fourth-order valence-electron chi connectivity index (χ4n) is 4.92. The van der Waals surface area contributed by atoms with E-state index in [1.807, 2.05) is 0 Å². The van der Waals surface area contributed by atoms with Crippen molar-refractivity contribution in [2.24, 2.45) is 17.1 Å². The normalized spacial score (nSPS) is 30.9. The first-order valence-corrected chi connectivity index (χ1v) is 8.78. The predicted molar refractivity (Wildman–Crippen MR) is 81.3 cm³/mol. The molecule has 1 saturated heterocycles. The zero-order chi connectivity index (χ0) is 14.0. The Morgan fingerprint density at radius 1 is 1.00 bits per heavy atom. The smallest absolute Gasteiger partial charge is 0.230 e. The van der Waals surface area contributed by atoms with Gasteiger partial charge in [-0.25, -0.2) is 0 Å². The summed E-state index contributed by atoms with van der Waals surface area (Å²) in [5.41, 5.74) is 5.85. The topological polar surface area (TPSA) is 46.3 Å². The maximum atomic E-state index is 13.2. The Morgan fingerprint density at radius 2 is 1.70 bits per heavy atom. The number of likely N-dealkylation sites (tertiary alicyclic amines) is 1. The van der Waals surface area contributed by atoms with Crippen LogP contribution in [0.15, 0.2) is 0 Å². The number of carbonyl (C=O) groups excluding carboxylic acids is 1. The van der Waals surface area contributed by atoms with Gasteiger partial charge in [-0.15, -0.1) is 0 Å². The van der Waals surface area contributed by atoms with Gasteiger partial charge in [-0.05, 0) is 44.4 Å². The predicted octanol–water partition coefficient (Wildman–Crippen LogP) is 3.08. The van der Waals surface area contributed by atoms with E-state index in [4.69, 9.17) is 5.73 Å². The summed E-state index contributed by atoms with van der Waals surface area (Å²) in [6.45, 7) is 1.54. The van der Waals surface area contributed by atoms with Crippen LogP contribution >= 0.6 is 0 Å². The molecule has 0 spiro atoms. The molecule has 0 aromatic carbocycles. The average Bonchev–Trinajstić information content (AvgIpc) is 3.17. The zero-order valence-electron chi connectivity index (χ0n) is 12.8. The second-order valence-corrected chi connectivity index (χ2v) is 7.30. The molecule has 1 unspecified atom stereocenters. The highest BCUT2D eigenvalue weighted by atomic mass is 16.2. The van der Waals surface area contributed by atoms with Crippen molar-refractivity contribution in [2.45, 2.75) is 76.7 Å². The molecule has 3 fully saturated rings. The lowest BCUT2D eigenvalue weighted by molar-refractivity contribution is -0.145. The molecule has 0 aromatic rings. The number of rotatable bonds is 3. The van der Waals surface area contributed by atoms with Crippen molar-refractivity contribution >= 4 is 5.91 Å². The van der Waals surface area contributed by atoms with Gasteiger partial charge in [-0.3, -0.25) is 4.79 Å². The molecule has 2 aliphatic carbocycles. The molecule has 1 aliphatic heterocycles. The average molecular weight is 278 g/mol. The van der Waals surface area contributed by atoms with Gasteiger partial charge in [-0.2, -0.15) is 0 Å². The van der Waals surface area contributed by atoms with Gasteiger partial charge in [0.15, 0.2) is 0 Å². The lowest BCUT2D eigenvalue weighted by Crippen LogP contribution is -2.51. The summed E-state index contributed by atoms with van der Waals surface area (Å²) in [5, 5.41) is 0. The number of hydrogen-bond acceptors (Lipinski definition) is 2. The molecule has 3 rings (SSSR count). The summed E-state index contributed by atoms with van der Waals surface area (Å²) >= 11 is 0. The maximum absolute atomic E-state index is 13.2. The molecule has 3 heteroatoms. The van der Waals surface area contributed by atoms with E-state index in [1.54, 1.807) is 0 Å². The molecule has 0 aromatic heterocycles. The summed E-state index contributed by atoms with van der Waals surface area (Å²) in [7, 11) is 0. The molecule has 20 heavy (non-hydrogen) atoms. The Hall–Kier alpha value is -0.570. The van der Waals surface area contributed by atoms with Gasteiger partial charge in [-0.1, -0.05) is 32.1 Å². The Kier molecular flexibility index (Phi) is 4.34. The van der Waals surface area contributed by atoms with Crippen LogP contribution in [0.3, 0.4) is 0 Å². The third-order valence-electron chi connectivity index (χ3n) is 6.16. The lowest BCUT2D eigenvalue weighted by Gasteiger charge is -2.41.